The van der Waals surface area contributed by atoms with Gasteiger partial charge in [0.2, 0.25) is 0 Å². The fourth-order valence-corrected chi connectivity index (χ4v) is 4.82. The van der Waals surface area contributed by atoms with E-state index < -0.39 is 18.2 Å². The predicted molar refractivity (Wildman–Crippen MR) is 118 cm³/mol. The number of hydrogen-bond donors (Lipinski definition) is 2. The van der Waals surface area contributed by atoms with Crippen molar-refractivity contribution in [2.45, 2.75) is 12.1 Å². The fourth-order valence-electron chi connectivity index (χ4n) is 3.89. The number of hydrogen-bond acceptors (Lipinski definition) is 7. The van der Waals surface area contributed by atoms with Crippen LogP contribution in [0.5, 0.6) is 5.75 Å². The summed E-state index contributed by atoms with van der Waals surface area (Å²) in [6, 6.07) is 7.84. The van der Waals surface area contributed by atoms with Gasteiger partial charge in [0.25, 0.3) is 5.91 Å². The van der Waals surface area contributed by atoms with E-state index in [0.29, 0.717) is 39.6 Å². The van der Waals surface area contributed by atoms with Crippen molar-refractivity contribution in [2.24, 2.45) is 0 Å². The Hall–Kier alpha value is -3.02. The summed E-state index contributed by atoms with van der Waals surface area (Å²) in [6.45, 7) is 1.29. The Balaban J connectivity index is 1.26. The normalized spacial score (nSPS) is 22.0. The fraction of sp³-hybridized carbons (Fsp3) is 0.350. The zero-order valence-electron chi connectivity index (χ0n) is 16.7. The average Bonchev–Trinajstić information content (AvgIpc) is 3.34. The molecule has 4 heterocycles. The second-order valence-corrected chi connectivity index (χ2v) is 9.07. The van der Waals surface area contributed by atoms with Crippen LogP contribution in [-0.2, 0) is 14.3 Å². The second-order valence-electron chi connectivity index (χ2n) is 7.36. The minimum Gasteiger partial charge on any atom is -0.489 e. The molecule has 3 aliphatic heterocycles. The van der Waals surface area contributed by atoms with Crippen LogP contribution in [0.2, 0.25) is 4.34 Å². The van der Waals surface area contributed by atoms with E-state index in [9.17, 15) is 14.4 Å². The number of amides is 4. The summed E-state index contributed by atoms with van der Waals surface area (Å²) in [6.07, 6.45) is -1.08. The highest BCUT2D eigenvalue weighted by molar-refractivity contribution is 7.20. The minimum atomic E-state index is -0.575. The summed E-state index contributed by atoms with van der Waals surface area (Å²) in [5.74, 6) is 0.371. The number of fused-ring (bicyclic) bond motifs is 3. The third-order valence-electron chi connectivity index (χ3n) is 5.39. The number of urea groups is 1. The summed E-state index contributed by atoms with van der Waals surface area (Å²) in [4.78, 5) is 40.0. The van der Waals surface area contributed by atoms with Crippen molar-refractivity contribution in [3.8, 4) is 5.75 Å². The molecule has 0 aliphatic carbocycles. The van der Waals surface area contributed by atoms with Crippen LogP contribution < -0.4 is 25.2 Å². The lowest BCUT2D eigenvalue weighted by Crippen LogP contribution is -2.48. The van der Waals surface area contributed by atoms with Crippen LogP contribution in [0.1, 0.15) is 0 Å². The van der Waals surface area contributed by atoms with Gasteiger partial charge in [0, 0.05) is 18.3 Å². The SMILES string of the molecule is O=C(NC[C@@H]1OC(=O)N2c3ccc(N4CCOCC4=O)cc3OC[C@@H]12)Nc1ccc(Cl)s1. The lowest BCUT2D eigenvalue weighted by atomic mass is 10.1. The van der Waals surface area contributed by atoms with E-state index in [1.165, 1.54) is 16.2 Å². The van der Waals surface area contributed by atoms with Gasteiger partial charge in [0.15, 0.2) is 0 Å². The molecular weight excluding hydrogens is 460 g/mol. The first-order valence-corrected chi connectivity index (χ1v) is 11.1. The highest BCUT2D eigenvalue weighted by Crippen LogP contribution is 2.41. The van der Waals surface area contributed by atoms with E-state index in [0.717, 1.165) is 0 Å². The van der Waals surface area contributed by atoms with Crippen molar-refractivity contribution >= 4 is 57.3 Å². The quantitative estimate of drug-likeness (QED) is 0.699. The van der Waals surface area contributed by atoms with Crippen molar-refractivity contribution in [1.82, 2.24) is 5.32 Å². The van der Waals surface area contributed by atoms with Crippen molar-refractivity contribution in [3.63, 3.8) is 0 Å². The minimum absolute atomic E-state index is 0.0419. The van der Waals surface area contributed by atoms with Crippen molar-refractivity contribution in [1.29, 1.82) is 0 Å². The molecule has 0 radical (unpaired) electrons. The number of cyclic esters (lactones) is 1. The molecule has 32 heavy (non-hydrogen) atoms. The van der Waals surface area contributed by atoms with Crippen LogP contribution in [-0.4, -0.2) is 63.1 Å². The molecule has 3 aliphatic rings. The molecular formula is C20H19ClN4O6S. The molecule has 168 valence electrons. The number of thiophene rings is 1. The van der Waals surface area contributed by atoms with E-state index in [4.69, 9.17) is 25.8 Å². The van der Waals surface area contributed by atoms with Crippen molar-refractivity contribution in [2.75, 3.05) is 48.0 Å². The number of benzene rings is 1. The van der Waals surface area contributed by atoms with Gasteiger partial charge in [-0.05, 0) is 24.3 Å². The molecule has 1 aromatic heterocycles. The molecule has 0 bridgehead atoms. The van der Waals surface area contributed by atoms with Gasteiger partial charge < -0.3 is 24.4 Å². The summed E-state index contributed by atoms with van der Waals surface area (Å²) >= 11 is 7.11. The van der Waals surface area contributed by atoms with E-state index in [-0.39, 0.29) is 31.7 Å². The third kappa shape index (κ3) is 3.94. The molecule has 0 spiro atoms. The summed E-state index contributed by atoms with van der Waals surface area (Å²) < 4.78 is 17.1. The Morgan fingerprint density at radius 1 is 1.25 bits per heavy atom. The summed E-state index contributed by atoms with van der Waals surface area (Å²) in [5, 5.41) is 6.01. The van der Waals surface area contributed by atoms with Crippen LogP contribution in [0.25, 0.3) is 0 Å². The molecule has 12 heteroatoms. The molecule has 2 N–H and O–H groups in total. The number of carbonyl (C=O) groups excluding carboxylic acids is 3. The van der Waals surface area contributed by atoms with Crippen LogP contribution in [0.15, 0.2) is 30.3 Å². The standard InChI is InChI=1S/C20H19ClN4O6S/c21-16-3-4-17(32-16)23-19(27)22-8-15-13-9-30-14-7-11(24-5-6-29-10-18(24)26)1-2-12(14)25(13)20(28)31-15/h1-4,7,13,15H,5-6,8-10H2,(H2,22,23,27)/t13-,15-/m0/s1. The van der Waals surface area contributed by atoms with E-state index in [1.54, 1.807) is 35.2 Å². The monoisotopic (exact) mass is 478 g/mol. The van der Waals surface area contributed by atoms with Gasteiger partial charge in [-0.3, -0.25) is 15.0 Å². The first kappa shape index (κ1) is 20.9. The Labute approximate surface area is 192 Å². The van der Waals surface area contributed by atoms with Crippen LogP contribution in [0, 0.1) is 0 Å². The Bertz CT molecular complexity index is 1080. The Morgan fingerprint density at radius 3 is 2.91 bits per heavy atom. The number of ether oxygens (including phenoxy) is 3. The van der Waals surface area contributed by atoms with Gasteiger partial charge in [-0.2, -0.15) is 0 Å². The summed E-state index contributed by atoms with van der Waals surface area (Å²) in [5.41, 5.74) is 1.25. The molecule has 4 amide bonds. The maximum absolute atomic E-state index is 12.6. The highest BCUT2D eigenvalue weighted by Gasteiger charge is 2.46. The predicted octanol–water partition coefficient (Wildman–Crippen LogP) is 2.67. The van der Waals surface area contributed by atoms with E-state index in [2.05, 4.69) is 10.6 Å². The van der Waals surface area contributed by atoms with Crippen LogP contribution >= 0.6 is 22.9 Å². The van der Waals surface area contributed by atoms with E-state index >= 15 is 0 Å². The zero-order chi connectivity index (χ0) is 22.2. The van der Waals surface area contributed by atoms with Gasteiger partial charge in [-0.15, -0.1) is 11.3 Å². The molecule has 2 saturated heterocycles. The highest BCUT2D eigenvalue weighted by atomic mass is 35.5. The maximum Gasteiger partial charge on any atom is 0.415 e. The topological polar surface area (TPSA) is 109 Å². The number of rotatable bonds is 4. The Morgan fingerprint density at radius 2 is 2.12 bits per heavy atom. The maximum atomic E-state index is 12.6. The number of nitrogens with zero attached hydrogens (tertiary/aromatic N) is 2. The Kier molecular flexibility index (Phi) is 5.53. The molecule has 2 aromatic rings. The third-order valence-corrected chi connectivity index (χ3v) is 6.54. The smallest absolute Gasteiger partial charge is 0.415 e. The van der Waals surface area contributed by atoms with Crippen molar-refractivity contribution in [3.05, 3.63) is 34.7 Å². The van der Waals surface area contributed by atoms with E-state index in [1.807, 2.05) is 0 Å². The number of carbonyl (C=O) groups is 3. The first-order valence-electron chi connectivity index (χ1n) is 9.94. The summed E-state index contributed by atoms with van der Waals surface area (Å²) in [7, 11) is 0. The lowest BCUT2D eigenvalue weighted by Gasteiger charge is -2.33. The molecule has 1 aromatic carbocycles. The molecule has 10 nitrogen and oxygen atoms in total. The van der Waals surface area contributed by atoms with Gasteiger partial charge >= 0.3 is 12.1 Å². The average molecular weight is 479 g/mol. The van der Waals surface area contributed by atoms with Crippen LogP contribution in [0.4, 0.5) is 26.0 Å². The molecule has 5 rings (SSSR count). The van der Waals surface area contributed by atoms with Gasteiger partial charge in [-0.25, -0.2) is 9.59 Å². The number of anilines is 3. The second kappa shape index (κ2) is 8.49. The largest absolute Gasteiger partial charge is 0.489 e. The number of halogens is 1. The van der Waals surface area contributed by atoms with Gasteiger partial charge in [-0.1, -0.05) is 11.6 Å². The first-order chi connectivity index (χ1) is 15.5. The lowest BCUT2D eigenvalue weighted by molar-refractivity contribution is -0.125. The van der Waals surface area contributed by atoms with Crippen molar-refractivity contribution < 1.29 is 28.6 Å². The number of morpholine rings is 1. The van der Waals surface area contributed by atoms with Gasteiger partial charge in [0.1, 0.15) is 31.1 Å². The van der Waals surface area contributed by atoms with Crippen LogP contribution in [0.3, 0.4) is 0 Å². The molecule has 2 atom stereocenters. The van der Waals surface area contributed by atoms with Gasteiger partial charge in [0.05, 0.1) is 28.2 Å². The molecule has 0 saturated carbocycles. The molecule has 2 fully saturated rings. The zero-order valence-corrected chi connectivity index (χ0v) is 18.3. The molecule has 0 unspecified atom stereocenters. The number of nitrogens with one attached hydrogen (secondary N) is 2.